The van der Waals surface area contributed by atoms with E-state index in [1.165, 1.54) is 18.2 Å². The van der Waals surface area contributed by atoms with Crippen molar-refractivity contribution >= 4 is 11.9 Å². The van der Waals surface area contributed by atoms with Crippen LogP contribution in [-0.4, -0.2) is 36.7 Å². The third-order valence-corrected chi connectivity index (χ3v) is 5.15. The van der Waals surface area contributed by atoms with Crippen molar-refractivity contribution in [1.82, 2.24) is 5.32 Å². The lowest BCUT2D eigenvalue weighted by Crippen LogP contribution is -2.39. The van der Waals surface area contributed by atoms with E-state index in [1.54, 1.807) is 0 Å². The molecular formula is C18H21F2NO4. The molecule has 2 fully saturated rings. The van der Waals surface area contributed by atoms with E-state index in [1.807, 2.05) is 0 Å². The van der Waals surface area contributed by atoms with Crippen LogP contribution < -0.4 is 5.32 Å². The van der Waals surface area contributed by atoms with Crippen LogP contribution in [-0.2, 0) is 14.3 Å². The topological polar surface area (TPSA) is 75.6 Å². The summed E-state index contributed by atoms with van der Waals surface area (Å²) in [5, 5.41) is 12.1. The Hall–Kier alpha value is -2.02. The minimum Gasteiger partial charge on any atom is -0.481 e. The van der Waals surface area contributed by atoms with Gasteiger partial charge in [0.2, 0.25) is 5.91 Å². The molecular weight excluding hydrogens is 332 g/mol. The van der Waals surface area contributed by atoms with Gasteiger partial charge in [0.25, 0.3) is 0 Å². The highest BCUT2D eigenvalue weighted by Crippen LogP contribution is 2.49. The summed E-state index contributed by atoms with van der Waals surface area (Å²) in [4.78, 5) is 23.7. The number of carboxylic acids is 1. The maximum absolute atomic E-state index is 13.8. The number of carbonyl (C=O) groups is 2. The molecule has 0 bridgehead atoms. The molecule has 1 amide bonds. The number of nitrogens with one attached hydrogen (secondary N) is 1. The Balaban J connectivity index is 1.57. The smallest absolute Gasteiger partial charge is 0.308 e. The van der Waals surface area contributed by atoms with Crippen LogP contribution in [0.2, 0.25) is 0 Å². The highest BCUT2D eigenvalue weighted by atomic mass is 19.1. The standard InChI is InChI=1S/C18H21F2NO4/c19-14-2-1-3-15(20)16(14)11-8-12(11)17(22)21-9-13(18(23)24)10-4-6-25-7-5-10/h1-3,10-13H,4-9H2,(H,21,22)(H,23,24). The Bertz CT molecular complexity index is 640. The van der Waals surface area contributed by atoms with Gasteiger partial charge in [0.15, 0.2) is 0 Å². The Morgan fingerprint density at radius 2 is 1.88 bits per heavy atom. The summed E-state index contributed by atoms with van der Waals surface area (Å²) in [6, 6.07) is 3.64. The van der Waals surface area contributed by atoms with Crippen molar-refractivity contribution in [3.63, 3.8) is 0 Å². The number of aliphatic carboxylic acids is 1. The van der Waals surface area contributed by atoms with Gasteiger partial charge in [0.05, 0.1) is 5.92 Å². The van der Waals surface area contributed by atoms with Gasteiger partial charge in [-0.3, -0.25) is 9.59 Å². The molecule has 3 atom stereocenters. The fourth-order valence-electron chi connectivity index (χ4n) is 3.58. The van der Waals surface area contributed by atoms with E-state index < -0.39 is 35.4 Å². The molecule has 7 heteroatoms. The fraction of sp³-hybridized carbons (Fsp3) is 0.556. The van der Waals surface area contributed by atoms with E-state index in [4.69, 9.17) is 4.74 Å². The normalized spacial score (nSPS) is 24.6. The van der Waals surface area contributed by atoms with Crippen molar-refractivity contribution in [1.29, 1.82) is 0 Å². The number of carboxylic acid groups (broad SMARTS) is 1. The fourth-order valence-corrected chi connectivity index (χ4v) is 3.58. The Kier molecular flexibility index (Phi) is 5.32. The maximum Gasteiger partial charge on any atom is 0.308 e. The number of benzene rings is 1. The first-order chi connectivity index (χ1) is 12.0. The predicted octanol–water partition coefficient (Wildman–Crippen LogP) is 2.31. The quantitative estimate of drug-likeness (QED) is 0.823. The zero-order chi connectivity index (χ0) is 18.0. The zero-order valence-electron chi connectivity index (χ0n) is 13.7. The second-order valence-electron chi connectivity index (χ2n) is 6.72. The summed E-state index contributed by atoms with van der Waals surface area (Å²) in [6.45, 7) is 1.08. The van der Waals surface area contributed by atoms with Crippen LogP contribution in [0.1, 0.15) is 30.7 Å². The summed E-state index contributed by atoms with van der Waals surface area (Å²) in [6.07, 6.45) is 1.68. The molecule has 1 aliphatic carbocycles. The number of ether oxygens (including phenoxy) is 1. The number of hydrogen-bond acceptors (Lipinski definition) is 3. The van der Waals surface area contributed by atoms with Gasteiger partial charge >= 0.3 is 5.97 Å². The minimum atomic E-state index is -0.945. The first-order valence-corrected chi connectivity index (χ1v) is 8.51. The molecule has 2 aliphatic rings. The minimum absolute atomic E-state index is 0.0296. The lowest BCUT2D eigenvalue weighted by Gasteiger charge is -2.27. The molecule has 2 N–H and O–H groups in total. The molecule has 1 saturated heterocycles. The molecule has 1 heterocycles. The maximum atomic E-state index is 13.8. The van der Waals surface area contributed by atoms with Crippen LogP contribution in [0.5, 0.6) is 0 Å². The molecule has 136 valence electrons. The second kappa shape index (κ2) is 7.47. The van der Waals surface area contributed by atoms with E-state index in [-0.39, 0.29) is 23.9 Å². The Morgan fingerprint density at radius 1 is 1.24 bits per heavy atom. The van der Waals surface area contributed by atoms with E-state index in [9.17, 15) is 23.5 Å². The third kappa shape index (κ3) is 3.98. The van der Waals surface area contributed by atoms with Gasteiger partial charge in [-0.1, -0.05) is 6.07 Å². The van der Waals surface area contributed by atoms with Crippen LogP contribution in [0.4, 0.5) is 8.78 Å². The molecule has 5 nitrogen and oxygen atoms in total. The van der Waals surface area contributed by atoms with E-state index in [2.05, 4.69) is 5.32 Å². The van der Waals surface area contributed by atoms with Gasteiger partial charge < -0.3 is 15.2 Å². The van der Waals surface area contributed by atoms with E-state index in [0.717, 1.165) is 0 Å². The predicted molar refractivity (Wildman–Crippen MR) is 84.9 cm³/mol. The number of rotatable bonds is 6. The van der Waals surface area contributed by atoms with Crippen LogP contribution >= 0.6 is 0 Å². The summed E-state index contributed by atoms with van der Waals surface area (Å²) in [7, 11) is 0. The summed E-state index contributed by atoms with van der Waals surface area (Å²) >= 11 is 0. The van der Waals surface area contributed by atoms with Crippen molar-refractivity contribution in [2.45, 2.75) is 25.2 Å². The average molecular weight is 353 g/mol. The number of amides is 1. The summed E-state index contributed by atoms with van der Waals surface area (Å²) in [5.41, 5.74) is -0.0538. The number of halogens is 2. The molecule has 0 radical (unpaired) electrons. The lowest BCUT2D eigenvalue weighted by atomic mass is 9.86. The van der Waals surface area contributed by atoms with Crippen molar-refractivity contribution in [2.24, 2.45) is 17.8 Å². The van der Waals surface area contributed by atoms with Crippen molar-refractivity contribution in [2.75, 3.05) is 19.8 Å². The van der Waals surface area contributed by atoms with Gasteiger partial charge in [-0.2, -0.15) is 0 Å². The molecule has 1 aromatic rings. The van der Waals surface area contributed by atoms with Crippen LogP contribution in [0.25, 0.3) is 0 Å². The van der Waals surface area contributed by atoms with Crippen molar-refractivity contribution < 1.29 is 28.2 Å². The van der Waals surface area contributed by atoms with E-state index >= 15 is 0 Å². The molecule has 3 rings (SSSR count). The van der Waals surface area contributed by atoms with Crippen LogP contribution in [0.3, 0.4) is 0 Å². The highest BCUT2D eigenvalue weighted by Gasteiger charge is 2.46. The van der Waals surface area contributed by atoms with Crippen LogP contribution in [0, 0.1) is 29.4 Å². The van der Waals surface area contributed by atoms with Gasteiger partial charge in [-0.25, -0.2) is 8.78 Å². The lowest BCUT2D eigenvalue weighted by molar-refractivity contribution is -0.145. The van der Waals surface area contributed by atoms with Gasteiger partial charge in [-0.15, -0.1) is 0 Å². The molecule has 25 heavy (non-hydrogen) atoms. The second-order valence-corrected chi connectivity index (χ2v) is 6.72. The average Bonchev–Trinajstić information content (AvgIpc) is 3.36. The molecule has 0 aromatic heterocycles. The zero-order valence-corrected chi connectivity index (χ0v) is 13.7. The first-order valence-electron chi connectivity index (χ1n) is 8.51. The molecule has 0 spiro atoms. The monoisotopic (exact) mass is 353 g/mol. The van der Waals surface area contributed by atoms with E-state index in [0.29, 0.717) is 32.5 Å². The molecule has 3 unspecified atom stereocenters. The number of hydrogen-bond donors (Lipinski definition) is 2. The third-order valence-electron chi connectivity index (χ3n) is 5.15. The highest BCUT2D eigenvalue weighted by molar-refractivity contribution is 5.83. The first kappa shape index (κ1) is 17.8. The van der Waals surface area contributed by atoms with Gasteiger partial charge in [0, 0.05) is 37.2 Å². The van der Waals surface area contributed by atoms with Crippen molar-refractivity contribution in [3.8, 4) is 0 Å². The molecule has 1 aromatic carbocycles. The van der Waals surface area contributed by atoms with Gasteiger partial charge in [0.1, 0.15) is 11.6 Å². The van der Waals surface area contributed by atoms with Crippen LogP contribution in [0.15, 0.2) is 18.2 Å². The Labute approximate surface area is 144 Å². The van der Waals surface area contributed by atoms with Gasteiger partial charge in [-0.05, 0) is 37.3 Å². The van der Waals surface area contributed by atoms with Crippen molar-refractivity contribution in [3.05, 3.63) is 35.4 Å². The number of carbonyl (C=O) groups excluding carboxylic acids is 1. The largest absolute Gasteiger partial charge is 0.481 e. The molecule has 1 aliphatic heterocycles. The SMILES string of the molecule is O=C(O)C(CNC(=O)C1CC1c1c(F)cccc1F)C1CCOCC1. The molecule has 1 saturated carbocycles. The summed E-state index contributed by atoms with van der Waals surface area (Å²) < 4.78 is 32.8. The Morgan fingerprint density at radius 3 is 2.48 bits per heavy atom. The summed E-state index contributed by atoms with van der Waals surface area (Å²) in [5.74, 6) is -4.27.